The van der Waals surface area contributed by atoms with E-state index in [9.17, 15) is 13.6 Å². The van der Waals surface area contributed by atoms with Crippen molar-refractivity contribution >= 4 is 35.6 Å². The maximum absolute atomic E-state index is 13.7. The van der Waals surface area contributed by atoms with Gasteiger partial charge >= 0.3 is 0 Å². The molecule has 0 amide bonds. The molecule has 3 rings (SSSR count). The summed E-state index contributed by atoms with van der Waals surface area (Å²) in [5, 5.41) is -0.184. The van der Waals surface area contributed by atoms with Crippen molar-refractivity contribution in [2.24, 2.45) is 5.73 Å². The van der Waals surface area contributed by atoms with E-state index in [1.807, 2.05) is 0 Å². The number of nitrogens with one attached hydrogen (secondary N) is 1. The number of fused-ring (bicyclic) bond motifs is 1. The average Bonchev–Trinajstić information content (AvgIpc) is 2.82. The number of hydrogen-bond acceptors (Lipinski definition) is 4. The molecule has 0 radical (unpaired) electrons. The highest BCUT2D eigenvalue weighted by Gasteiger charge is 2.16. The number of rotatable bonds is 3. The van der Waals surface area contributed by atoms with Gasteiger partial charge in [0, 0.05) is 24.4 Å². The zero-order valence-corrected chi connectivity index (χ0v) is 13.3. The van der Waals surface area contributed by atoms with Crippen molar-refractivity contribution < 1.29 is 13.2 Å². The zero-order valence-electron chi connectivity index (χ0n) is 11.6. The average molecular weight is 360 g/mol. The molecule has 0 saturated heterocycles. The minimum absolute atomic E-state index is 0. The zero-order chi connectivity index (χ0) is 15.9. The van der Waals surface area contributed by atoms with Gasteiger partial charge in [0.25, 0.3) is 0 Å². The third-order valence-corrected chi connectivity index (χ3v) is 3.57. The van der Waals surface area contributed by atoms with E-state index in [1.54, 1.807) is 6.20 Å². The van der Waals surface area contributed by atoms with E-state index < -0.39 is 17.1 Å². The Morgan fingerprint density at radius 1 is 1.35 bits per heavy atom. The number of hydrogen-bond donors (Lipinski definition) is 2. The highest BCUT2D eigenvalue weighted by atomic mass is 35.5. The molecule has 0 atom stereocenters. The van der Waals surface area contributed by atoms with Crippen molar-refractivity contribution in [2.45, 2.75) is 6.42 Å². The van der Waals surface area contributed by atoms with Crippen molar-refractivity contribution in [1.29, 1.82) is 0 Å². The number of aromatic amines is 1. The van der Waals surface area contributed by atoms with Gasteiger partial charge in [-0.05, 0) is 24.8 Å². The summed E-state index contributed by atoms with van der Waals surface area (Å²) in [4.78, 5) is 15.3. The molecule has 0 saturated carbocycles. The lowest BCUT2D eigenvalue weighted by molar-refractivity contribution is 0.535. The van der Waals surface area contributed by atoms with Gasteiger partial charge < -0.3 is 15.1 Å². The van der Waals surface area contributed by atoms with Gasteiger partial charge in [0.05, 0.1) is 5.39 Å². The monoisotopic (exact) mass is 359 g/mol. The number of benzene rings is 1. The molecule has 2 aromatic heterocycles. The molecule has 23 heavy (non-hydrogen) atoms. The quantitative estimate of drug-likeness (QED) is 0.705. The summed E-state index contributed by atoms with van der Waals surface area (Å²) >= 11 is 5.14. The maximum atomic E-state index is 13.7. The number of nitrogens with two attached hydrogens (primary N) is 1. The molecule has 9 heteroatoms. The molecule has 3 N–H and O–H groups in total. The first-order valence-corrected chi connectivity index (χ1v) is 6.84. The molecule has 0 unspecified atom stereocenters. The molecule has 0 aliphatic carbocycles. The SMILES string of the molecule is Cl.NCCc1c[nH]c(=S)n1-c1coc2c(F)cc(F)cc2c1=O. The predicted octanol–water partition coefficient (Wildman–Crippen LogP) is 2.84. The molecule has 0 fully saturated rings. The first kappa shape index (κ1) is 17.3. The molecule has 0 bridgehead atoms. The molecule has 122 valence electrons. The first-order valence-electron chi connectivity index (χ1n) is 6.43. The van der Waals surface area contributed by atoms with Gasteiger partial charge in [0.2, 0.25) is 5.43 Å². The van der Waals surface area contributed by atoms with E-state index in [1.165, 1.54) is 4.57 Å². The maximum Gasteiger partial charge on any atom is 0.216 e. The van der Waals surface area contributed by atoms with E-state index in [0.29, 0.717) is 24.7 Å². The summed E-state index contributed by atoms with van der Waals surface area (Å²) in [6.45, 7) is 0.356. The molecule has 1 aromatic carbocycles. The summed E-state index contributed by atoms with van der Waals surface area (Å²) in [6, 6.07) is 1.60. The summed E-state index contributed by atoms with van der Waals surface area (Å²) < 4.78 is 33.9. The van der Waals surface area contributed by atoms with Crippen molar-refractivity contribution in [3.8, 4) is 5.69 Å². The lowest BCUT2D eigenvalue weighted by Gasteiger charge is -2.07. The van der Waals surface area contributed by atoms with Crippen LogP contribution in [-0.4, -0.2) is 16.1 Å². The van der Waals surface area contributed by atoms with Crippen LogP contribution in [0.1, 0.15) is 5.69 Å². The second-order valence-corrected chi connectivity index (χ2v) is 5.06. The van der Waals surface area contributed by atoms with Gasteiger partial charge in [-0.2, -0.15) is 0 Å². The molecule has 5 nitrogen and oxygen atoms in total. The number of H-pyrrole nitrogens is 1. The lowest BCUT2D eigenvalue weighted by atomic mass is 10.2. The van der Waals surface area contributed by atoms with Crippen LogP contribution in [0.2, 0.25) is 0 Å². The van der Waals surface area contributed by atoms with Crippen LogP contribution in [0.15, 0.2) is 33.8 Å². The van der Waals surface area contributed by atoms with E-state index in [-0.39, 0.29) is 33.8 Å². The van der Waals surface area contributed by atoms with Crippen LogP contribution in [0.25, 0.3) is 16.7 Å². The Hall–Kier alpha value is -2.03. The van der Waals surface area contributed by atoms with Crippen LogP contribution < -0.4 is 11.2 Å². The van der Waals surface area contributed by atoms with Gasteiger partial charge in [0.1, 0.15) is 17.8 Å². The van der Waals surface area contributed by atoms with E-state index in [0.717, 1.165) is 12.3 Å². The van der Waals surface area contributed by atoms with Crippen LogP contribution in [0.3, 0.4) is 0 Å². The van der Waals surface area contributed by atoms with Gasteiger partial charge in [-0.25, -0.2) is 8.78 Å². The Labute approximate surface area is 140 Å². The summed E-state index contributed by atoms with van der Waals surface area (Å²) in [5.74, 6) is -1.78. The topological polar surface area (TPSA) is 77.0 Å². The highest BCUT2D eigenvalue weighted by molar-refractivity contribution is 7.71. The molecule has 2 heterocycles. The van der Waals surface area contributed by atoms with Crippen LogP contribution in [0.4, 0.5) is 8.78 Å². The summed E-state index contributed by atoms with van der Waals surface area (Å²) in [7, 11) is 0. The second-order valence-electron chi connectivity index (χ2n) is 4.67. The summed E-state index contributed by atoms with van der Waals surface area (Å²) in [6.07, 6.45) is 3.21. The lowest BCUT2D eigenvalue weighted by Crippen LogP contribution is -2.15. The van der Waals surface area contributed by atoms with Gasteiger partial charge in [-0.1, -0.05) is 0 Å². The highest BCUT2D eigenvalue weighted by Crippen LogP contribution is 2.19. The smallest absolute Gasteiger partial charge is 0.216 e. The molecule has 0 aliphatic heterocycles. The number of nitrogens with zero attached hydrogens (tertiary/aromatic N) is 1. The van der Waals surface area contributed by atoms with E-state index >= 15 is 0 Å². The standard InChI is InChI=1S/C14H11F2N3O2S.ClH/c15-7-3-9-12(20)11(6-21-13(9)10(16)4-7)19-8(1-2-17)5-18-14(19)22;/h3-6H,1-2,17H2,(H,18,22);1H. The van der Waals surface area contributed by atoms with Crippen molar-refractivity contribution in [1.82, 2.24) is 9.55 Å². The molecule has 0 spiro atoms. The normalized spacial score (nSPS) is 10.7. The Kier molecular flexibility index (Phi) is 4.98. The minimum atomic E-state index is -0.932. The fourth-order valence-corrected chi connectivity index (χ4v) is 2.58. The van der Waals surface area contributed by atoms with Crippen LogP contribution in [0, 0.1) is 16.4 Å². The number of aromatic nitrogens is 2. The van der Waals surface area contributed by atoms with E-state index in [2.05, 4.69) is 4.98 Å². The fraction of sp³-hybridized carbons (Fsp3) is 0.143. The predicted molar refractivity (Wildman–Crippen MR) is 86.9 cm³/mol. The number of imidazole rings is 1. The molecule has 0 aliphatic rings. The first-order chi connectivity index (χ1) is 10.5. The van der Waals surface area contributed by atoms with Crippen LogP contribution in [0.5, 0.6) is 0 Å². The van der Waals surface area contributed by atoms with Gasteiger partial charge in [-0.15, -0.1) is 12.4 Å². The Morgan fingerprint density at radius 3 is 2.78 bits per heavy atom. The fourth-order valence-electron chi connectivity index (χ4n) is 2.31. The molecular weight excluding hydrogens is 348 g/mol. The van der Waals surface area contributed by atoms with Crippen LogP contribution in [-0.2, 0) is 6.42 Å². The number of halogens is 3. The Balaban J connectivity index is 0.00000192. The van der Waals surface area contributed by atoms with Gasteiger partial charge in [0.15, 0.2) is 16.2 Å². The molecule has 3 aromatic rings. The second kappa shape index (κ2) is 6.61. The Bertz CT molecular complexity index is 980. The summed E-state index contributed by atoms with van der Waals surface area (Å²) in [5.41, 5.74) is 5.41. The van der Waals surface area contributed by atoms with Crippen molar-refractivity contribution in [3.05, 3.63) is 56.9 Å². The van der Waals surface area contributed by atoms with Crippen molar-refractivity contribution in [3.63, 3.8) is 0 Å². The van der Waals surface area contributed by atoms with Crippen molar-refractivity contribution in [2.75, 3.05) is 6.54 Å². The van der Waals surface area contributed by atoms with Crippen LogP contribution >= 0.6 is 24.6 Å². The van der Waals surface area contributed by atoms with E-state index in [4.69, 9.17) is 22.4 Å². The Morgan fingerprint density at radius 2 is 2.09 bits per heavy atom. The van der Waals surface area contributed by atoms with Gasteiger partial charge in [-0.3, -0.25) is 9.36 Å². The third kappa shape index (κ3) is 2.92. The minimum Gasteiger partial charge on any atom is -0.459 e. The largest absolute Gasteiger partial charge is 0.459 e. The molecular formula is C14H12ClF2N3O2S. The third-order valence-electron chi connectivity index (χ3n) is 3.27.